The van der Waals surface area contributed by atoms with E-state index in [1.165, 1.54) is 12.4 Å². The number of carbonyl (C=O) groups excluding carboxylic acids is 1. The number of carbonyl (C=O) groups is 1. The zero-order valence-corrected chi connectivity index (χ0v) is 18.5. The molecule has 3 aromatic heterocycles. The van der Waals surface area contributed by atoms with Crippen LogP contribution in [0.3, 0.4) is 0 Å². The lowest BCUT2D eigenvalue weighted by Crippen LogP contribution is -2.17. The molecule has 0 saturated heterocycles. The highest BCUT2D eigenvalue weighted by atomic mass is 19.4. The van der Waals surface area contributed by atoms with Gasteiger partial charge in [-0.2, -0.15) is 23.4 Å². The number of aryl methyl sites for hydroxylation is 1. The molecular formula is C25H19F3N6O. The van der Waals surface area contributed by atoms with E-state index in [4.69, 9.17) is 0 Å². The summed E-state index contributed by atoms with van der Waals surface area (Å²) >= 11 is 0. The molecule has 10 heteroatoms. The van der Waals surface area contributed by atoms with Gasteiger partial charge in [0.25, 0.3) is 5.91 Å². The molecule has 0 saturated carbocycles. The molecule has 0 atom stereocenters. The van der Waals surface area contributed by atoms with Crippen LogP contribution in [-0.2, 0) is 13.6 Å². The predicted molar refractivity (Wildman–Crippen MR) is 126 cm³/mol. The van der Waals surface area contributed by atoms with Crippen LogP contribution in [0.15, 0.2) is 79.4 Å². The van der Waals surface area contributed by atoms with Gasteiger partial charge in [0.05, 0.1) is 23.1 Å². The zero-order valence-electron chi connectivity index (χ0n) is 18.5. The summed E-state index contributed by atoms with van der Waals surface area (Å²) in [5.41, 5.74) is 4.54. The van der Waals surface area contributed by atoms with Gasteiger partial charge in [-0.15, -0.1) is 0 Å². The topological polar surface area (TPSA) is 77.6 Å². The quantitative estimate of drug-likeness (QED) is 0.373. The minimum atomic E-state index is -4.36. The average Bonchev–Trinajstić information content (AvgIpc) is 3.46. The summed E-state index contributed by atoms with van der Waals surface area (Å²) in [5.74, 6) is -0.306. The van der Waals surface area contributed by atoms with Crippen molar-refractivity contribution in [3.05, 3.63) is 84.9 Å². The van der Waals surface area contributed by atoms with Gasteiger partial charge in [-0.05, 0) is 41.5 Å². The van der Waals surface area contributed by atoms with E-state index in [-0.39, 0.29) is 5.91 Å². The number of rotatable bonds is 5. The largest absolute Gasteiger partial charge is 0.408 e. The summed E-state index contributed by atoms with van der Waals surface area (Å²) < 4.78 is 40.8. The molecule has 3 heterocycles. The Bertz CT molecular complexity index is 1520. The number of amides is 1. The van der Waals surface area contributed by atoms with Gasteiger partial charge in [-0.1, -0.05) is 24.3 Å². The van der Waals surface area contributed by atoms with Gasteiger partial charge in [0, 0.05) is 42.2 Å². The Kier molecular flexibility index (Phi) is 5.56. The number of pyridine rings is 1. The van der Waals surface area contributed by atoms with Crippen LogP contribution in [0.4, 0.5) is 18.9 Å². The lowest BCUT2D eigenvalue weighted by molar-refractivity contribution is -0.142. The molecule has 0 aliphatic rings. The van der Waals surface area contributed by atoms with Crippen molar-refractivity contribution in [2.45, 2.75) is 12.7 Å². The van der Waals surface area contributed by atoms with Gasteiger partial charge in [0.1, 0.15) is 6.54 Å². The van der Waals surface area contributed by atoms with Gasteiger partial charge in [0.15, 0.2) is 0 Å². The number of alkyl halides is 3. The Morgan fingerprint density at radius 3 is 2.49 bits per heavy atom. The molecule has 176 valence electrons. The van der Waals surface area contributed by atoms with E-state index >= 15 is 0 Å². The lowest BCUT2D eigenvalue weighted by Gasteiger charge is -2.11. The highest BCUT2D eigenvalue weighted by Gasteiger charge is 2.28. The van der Waals surface area contributed by atoms with Gasteiger partial charge >= 0.3 is 6.18 Å². The maximum Gasteiger partial charge on any atom is 0.408 e. The van der Waals surface area contributed by atoms with E-state index < -0.39 is 12.7 Å². The Morgan fingerprint density at radius 2 is 1.77 bits per heavy atom. The summed E-state index contributed by atoms with van der Waals surface area (Å²) in [6.07, 6.45) is 1.63. The summed E-state index contributed by atoms with van der Waals surface area (Å²) in [6, 6.07) is 16.1. The number of aromatic nitrogens is 5. The summed E-state index contributed by atoms with van der Waals surface area (Å²) in [7, 11) is 1.85. The maximum absolute atomic E-state index is 12.9. The van der Waals surface area contributed by atoms with Crippen LogP contribution < -0.4 is 5.32 Å². The zero-order chi connectivity index (χ0) is 24.6. The molecule has 5 rings (SSSR count). The molecule has 0 aliphatic heterocycles. The number of fused-ring (bicyclic) bond motifs is 1. The first-order valence-corrected chi connectivity index (χ1v) is 10.7. The van der Waals surface area contributed by atoms with E-state index in [2.05, 4.69) is 20.5 Å². The van der Waals surface area contributed by atoms with Gasteiger partial charge in [-0.25, -0.2) is 0 Å². The van der Waals surface area contributed by atoms with Gasteiger partial charge < -0.3 is 5.32 Å². The Hall–Kier alpha value is -4.47. The highest BCUT2D eigenvalue weighted by molar-refractivity contribution is 6.10. The van der Waals surface area contributed by atoms with Crippen LogP contribution in [0.25, 0.3) is 33.3 Å². The van der Waals surface area contributed by atoms with Crippen LogP contribution in [0.5, 0.6) is 0 Å². The van der Waals surface area contributed by atoms with Crippen molar-refractivity contribution >= 4 is 22.5 Å². The van der Waals surface area contributed by atoms with Crippen molar-refractivity contribution < 1.29 is 18.0 Å². The molecule has 0 aliphatic carbocycles. The highest BCUT2D eigenvalue weighted by Crippen LogP contribution is 2.31. The first-order valence-electron chi connectivity index (χ1n) is 10.7. The fourth-order valence-electron chi connectivity index (χ4n) is 3.95. The van der Waals surface area contributed by atoms with Gasteiger partial charge in [0.2, 0.25) is 0 Å². The molecule has 2 aromatic carbocycles. The molecule has 0 radical (unpaired) electrons. The summed E-state index contributed by atoms with van der Waals surface area (Å²) in [5, 5.41) is 11.6. The third-order valence-corrected chi connectivity index (χ3v) is 5.57. The summed E-state index contributed by atoms with van der Waals surface area (Å²) in [6.45, 7) is -1.17. The molecule has 0 spiro atoms. The molecule has 5 aromatic rings. The SMILES string of the molecule is Cn1nccc1-c1ccc(C(=O)Nc2cccc3c(-c4cnn(CC(F)(F)F)c4)ccnc23)cc1. The van der Waals surface area contributed by atoms with Crippen molar-refractivity contribution in [3.8, 4) is 22.4 Å². The molecular weight excluding hydrogens is 457 g/mol. The standard InChI is InChI=1S/C25H19F3N6O/c1-33-22(10-12-30-33)16-5-7-17(8-6-16)24(35)32-21-4-2-3-20-19(9-11-29-23(20)21)18-13-31-34(14-18)15-25(26,27)28/h2-14H,15H2,1H3,(H,32,35). The Labute approximate surface area is 197 Å². The summed E-state index contributed by atoms with van der Waals surface area (Å²) in [4.78, 5) is 17.3. The number of nitrogens with zero attached hydrogens (tertiary/aromatic N) is 5. The number of halogens is 3. The van der Waals surface area contributed by atoms with E-state index in [1.807, 2.05) is 25.2 Å². The van der Waals surface area contributed by atoms with Crippen molar-refractivity contribution in [3.63, 3.8) is 0 Å². The molecule has 35 heavy (non-hydrogen) atoms. The number of nitrogens with one attached hydrogen (secondary N) is 1. The molecule has 1 N–H and O–H groups in total. The molecule has 0 unspecified atom stereocenters. The number of para-hydroxylation sites is 1. The second kappa shape index (κ2) is 8.71. The van der Waals surface area contributed by atoms with Crippen LogP contribution in [0, 0.1) is 0 Å². The number of benzene rings is 2. The molecule has 1 amide bonds. The predicted octanol–water partition coefficient (Wildman–Crippen LogP) is 5.31. The average molecular weight is 476 g/mol. The smallest absolute Gasteiger partial charge is 0.320 e. The van der Waals surface area contributed by atoms with E-state index in [0.717, 1.165) is 15.9 Å². The number of hydrogen-bond donors (Lipinski definition) is 1. The van der Waals surface area contributed by atoms with Crippen LogP contribution >= 0.6 is 0 Å². The second-order valence-electron chi connectivity index (χ2n) is 7.97. The fraction of sp³-hybridized carbons (Fsp3) is 0.120. The van der Waals surface area contributed by atoms with Crippen molar-refractivity contribution in [2.75, 3.05) is 5.32 Å². The Balaban J connectivity index is 1.42. The van der Waals surface area contributed by atoms with Gasteiger partial charge in [-0.3, -0.25) is 19.1 Å². The number of anilines is 1. The fourth-order valence-corrected chi connectivity index (χ4v) is 3.95. The minimum absolute atomic E-state index is 0.306. The molecule has 7 nitrogen and oxygen atoms in total. The lowest BCUT2D eigenvalue weighted by atomic mass is 10.0. The first kappa shape index (κ1) is 22.3. The third kappa shape index (κ3) is 4.63. The Morgan fingerprint density at radius 1 is 0.971 bits per heavy atom. The van der Waals surface area contributed by atoms with E-state index in [1.54, 1.807) is 53.5 Å². The third-order valence-electron chi connectivity index (χ3n) is 5.57. The van der Waals surface area contributed by atoms with Crippen molar-refractivity contribution in [1.29, 1.82) is 0 Å². The molecule has 0 fully saturated rings. The van der Waals surface area contributed by atoms with E-state index in [0.29, 0.717) is 33.3 Å². The van der Waals surface area contributed by atoms with Crippen molar-refractivity contribution in [1.82, 2.24) is 24.5 Å². The first-order chi connectivity index (χ1) is 16.8. The minimum Gasteiger partial charge on any atom is -0.320 e. The van der Waals surface area contributed by atoms with Crippen LogP contribution in [-0.4, -0.2) is 36.6 Å². The van der Waals surface area contributed by atoms with Crippen LogP contribution in [0.2, 0.25) is 0 Å². The van der Waals surface area contributed by atoms with Crippen molar-refractivity contribution in [2.24, 2.45) is 7.05 Å². The van der Waals surface area contributed by atoms with Crippen LogP contribution in [0.1, 0.15) is 10.4 Å². The van der Waals surface area contributed by atoms with E-state index in [9.17, 15) is 18.0 Å². The number of hydrogen-bond acceptors (Lipinski definition) is 4. The normalized spacial score (nSPS) is 11.7. The second-order valence-corrected chi connectivity index (χ2v) is 7.97. The maximum atomic E-state index is 12.9. The monoisotopic (exact) mass is 476 g/mol. The molecule has 0 bridgehead atoms.